The number of benzene rings is 1. The summed E-state index contributed by atoms with van der Waals surface area (Å²) in [6, 6.07) is 7.93. The van der Waals surface area contributed by atoms with Gasteiger partial charge in [-0.25, -0.2) is 0 Å². The molecule has 0 aromatic heterocycles. The summed E-state index contributed by atoms with van der Waals surface area (Å²) in [5.74, 6) is 0.982. The Morgan fingerprint density at radius 1 is 1.21 bits per heavy atom. The van der Waals surface area contributed by atoms with Crippen LogP contribution < -0.4 is 4.74 Å². The van der Waals surface area contributed by atoms with Crippen LogP contribution in [-0.2, 0) is 20.4 Å². The lowest BCUT2D eigenvalue weighted by molar-refractivity contribution is -0.117. The highest BCUT2D eigenvalue weighted by Gasteiger charge is 2.44. The van der Waals surface area contributed by atoms with Gasteiger partial charge in [0, 0.05) is 12.8 Å². The van der Waals surface area contributed by atoms with E-state index in [1.165, 1.54) is 0 Å². The van der Waals surface area contributed by atoms with Gasteiger partial charge in [0.05, 0.1) is 13.7 Å². The first-order valence-corrected chi connectivity index (χ1v) is 11.4. The van der Waals surface area contributed by atoms with Crippen molar-refractivity contribution >= 4 is 14.1 Å². The van der Waals surface area contributed by atoms with Gasteiger partial charge in [-0.1, -0.05) is 32.9 Å². The van der Waals surface area contributed by atoms with Gasteiger partial charge in [-0.3, -0.25) is 4.79 Å². The highest BCUT2D eigenvalue weighted by molar-refractivity contribution is 6.74. The number of carbonyl (C=O) groups excluding carboxylic acids is 1. The van der Waals surface area contributed by atoms with Crippen molar-refractivity contribution in [2.24, 2.45) is 0 Å². The van der Waals surface area contributed by atoms with Gasteiger partial charge in [-0.2, -0.15) is 0 Å². The number of methoxy groups -OCH3 is 1. The van der Waals surface area contributed by atoms with Gasteiger partial charge in [0.1, 0.15) is 18.0 Å². The summed E-state index contributed by atoms with van der Waals surface area (Å²) >= 11 is 0. The number of hydrogen-bond acceptors (Lipinski definition) is 4. The summed E-state index contributed by atoms with van der Waals surface area (Å²) in [6.45, 7) is 11.8. The molecule has 0 amide bonds. The fourth-order valence-electron chi connectivity index (χ4n) is 2.60. The Labute approximate surface area is 146 Å². The first-order valence-electron chi connectivity index (χ1n) is 8.49. The first kappa shape index (κ1) is 19.2. The lowest BCUT2D eigenvalue weighted by Gasteiger charge is -2.39. The topological polar surface area (TPSA) is 44.8 Å². The molecule has 0 N–H and O–H groups in total. The van der Waals surface area contributed by atoms with E-state index < -0.39 is 13.9 Å². The second-order valence-electron chi connectivity index (χ2n) is 8.26. The van der Waals surface area contributed by atoms with E-state index in [0.29, 0.717) is 19.4 Å². The molecule has 1 saturated heterocycles. The highest BCUT2D eigenvalue weighted by atomic mass is 28.4. The van der Waals surface area contributed by atoms with Gasteiger partial charge < -0.3 is 13.9 Å². The largest absolute Gasteiger partial charge is 0.497 e. The predicted octanol–water partition coefficient (Wildman–Crippen LogP) is 3.99. The molecule has 1 heterocycles. The average molecular weight is 351 g/mol. The number of rotatable bonds is 6. The van der Waals surface area contributed by atoms with Crippen LogP contribution in [0, 0.1) is 0 Å². The molecule has 1 aromatic rings. The Balaban J connectivity index is 2.13. The molecule has 0 bridgehead atoms. The molecule has 1 atom stereocenters. The molecule has 1 aromatic carbocycles. The van der Waals surface area contributed by atoms with Crippen LogP contribution in [0.1, 0.15) is 32.8 Å². The van der Waals surface area contributed by atoms with E-state index in [-0.39, 0.29) is 17.4 Å². The summed E-state index contributed by atoms with van der Waals surface area (Å²) in [5, 5.41) is 0.136. The zero-order valence-corrected chi connectivity index (χ0v) is 16.8. The molecule has 134 valence electrons. The number of ether oxygens (including phenoxy) is 2. The normalized spacial score (nSPS) is 22.0. The molecule has 5 heteroatoms. The van der Waals surface area contributed by atoms with Gasteiger partial charge in [0.2, 0.25) is 0 Å². The number of ketones is 1. The minimum atomic E-state index is -1.88. The molecule has 2 rings (SSSR count). The lowest BCUT2D eigenvalue weighted by Crippen LogP contribution is -2.47. The molecular formula is C19H30O4Si. The SMILES string of the molecule is COc1ccc(C[C@@]2(CO[Si](C)(C)C(C)(C)C)CC(=O)CO2)cc1. The van der Waals surface area contributed by atoms with Crippen LogP contribution in [0.15, 0.2) is 24.3 Å². The second-order valence-corrected chi connectivity index (χ2v) is 13.1. The fraction of sp³-hybridized carbons (Fsp3) is 0.632. The smallest absolute Gasteiger partial charge is 0.192 e. The van der Waals surface area contributed by atoms with Crippen LogP contribution in [0.3, 0.4) is 0 Å². The quantitative estimate of drug-likeness (QED) is 0.728. The Kier molecular flexibility index (Phi) is 5.57. The van der Waals surface area contributed by atoms with E-state index >= 15 is 0 Å². The van der Waals surface area contributed by atoms with Crippen molar-refractivity contribution < 1.29 is 18.7 Å². The summed E-state index contributed by atoms with van der Waals surface area (Å²) in [7, 11) is -0.230. The van der Waals surface area contributed by atoms with Crippen molar-refractivity contribution in [1.29, 1.82) is 0 Å². The molecule has 0 aliphatic carbocycles. The molecule has 0 spiro atoms. The van der Waals surface area contributed by atoms with Crippen molar-refractivity contribution in [2.75, 3.05) is 20.3 Å². The fourth-order valence-corrected chi connectivity index (χ4v) is 3.65. The van der Waals surface area contributed by atoms with Crippen molar-refractivity contribution in [2.45, 2.75) is 57.3 Å². The zero-order chi connectivity index (χ0) is 18.0. The van der Waals surface area contributed by atoms with Crippen LogP contribution in [0.2, 0.25) is 18.1 Å². The summed E-state index contributed by atoms with van der Waals surface area (Å²) < 4.78 is 17.5. The van der Waals surface area contributed by atoms with Crippen molar-refractivity contribution in [3.05, 3.63) is 29.8 Å². The minimum absolute atomic E-state index is 0.136. The third-order valence-corrected chi connectivity index (χ3v) is 9.72. The highest BCUT2D eigenvalue weighted by Crippen LogP contribution is 2.38. The molecule has 1 fully saturated rings. The molecule has 0 radical (unpaired) electrons. The Hall–Kier alpha value is -1.17. The summed E-state index contributed by atoms with van der Waals surface area (Å²) in [5.41, 5.74) is 0.589. The van der Waals surface area contributed by atoms with Crippen LogP contribution in [0.4, 0.5) is 0 Å². The van der Waals surface area contributed by atoms with E-state index in [1.54, 1.807) is 7.11 Å². The Morgan fingerprint density at radius 2 is 1.83 bits per heavy atom. The number of carbonyl (C=O) groups is 1. The average Bonchev–Trinajstić information content (AvgIpc) is 2.86. The van der Waals surface area contributed by atoms with Gasteiger partial charge >= 0.3 is 0 Å². The van der Waals surface area contributed by atoms with Gasteiger partial charge in [-0.05, 0) is 35.8 Å². The van der Waals surface area contributed by atoms with Crippen LogP contribution in [0.5, 0.6) is 5.75 Å². The molecule has 1 aliphatic heterocycles. The third-order valence-electron chi connectivity index (χ3n) is 5.25. The third kappa shape index (κ3) is 4.46. The summed E-state index contributed by atoms with van der Waals surface area (Å²) in [6.07, 6.45) is 1.10. The monoisotopic (exact) mass is 350 g/mol. The maximum atomic E-state index is 11.9. The Morgan fingerprint density at radius 3 is 2.29 bits per heavy atom. The van der Waals surface area contributed by atoms with E-state index in [0.717, 1.165) is 11.3 Å². The predicted molar refractivity (Wildman–Crippen MR) is 98.2 cm³/mol. The van der Waals surface area contributed by atoms with E-state index in [9.17, 15) is 4.79 Å². The molecule has 24 heavy (non-hydrogen) atoms. The summed E-state index contributed by atoms with van der Waals surface area (Å²) in [4.78, 5) is 11.9. The number of hydrogen-bond donors (Lipinski definition) is 0. The van der Waals surface area contributed by atoms with Crippen LogP contribution in [0.25, 0.3) is 0 Å². The van der Waals surface area contributed by atoms with Crippen LogP contribution in [-0.4, -0.2) is 40.0 Å². The van der Waals surface area contributed by atoms with E-state index in [1.807, 2.05) is 24.3 Å². The molecule has 0 saturated carbocycles. The van der Waals surface area contributed by atoms with Gasteiger partial charge in [0.15, 0.2) is 14.1 Å². The minimum Gasteiger partial charge on any atom is -0.497 e. The Bertz CT molecular complexity index is 574. The standard InChI is InChI=1S/C19H30O4Si/c1-18(2,3)24(5,6)23-14-19(12-16(20)13-22-19)11-15-7-9-17(21-4)10-8-15/h7-10H,11-14H2,1-6H3/t19-/m0/s1. The molecule has 1 aliphatic rings. The number of Topliss-reactive ketones (excluding diaryl/α,β-unsaturated/α-hetero) is 1. The van der Waals surface area contributed by atoms with Crippen LogP contribution >= 0.6 is 0 Å². The van der Waals surface area contributed by atoms with Crippen molar-refractivity contribution in [1.82, 2.24) is 0 Å². The van der Waals surface area contributed by atoms with E-state index in [4.69, 9.17) is 13.9 Å². The zero-order valence-electron chi connectivity index (χ0n) is 15.8. The van der Waals surface area contributed by atoms with Crippen molar-refractivity contribution in [3.8, 4) is 5.75 Å². The van der Waals surface area contributed by atoms with Crippen molar-refractivity contribution in [3.63, 3.8) is 0 Å². The maximum Gasteiger partial charge on any atom is 0.192 e. The molecule has 0 unspecified atom stereocenters. The first-order chi connectivity index (χ1) is 11.1. The van der Waals surface area contributed by atoms with Gasteiger partial charge in [0.25, 0.3) is 0 Å². The van der Waals surface area contributed by atoms with E-state index in [2.05, 4.69) is 33.9 Å². The van der Waals surface area contributed by atoms with Gasteiger partial charge in [-0.15, -0.1) is 0 Å². The molecule has 4 nitrogen and oxygen atoms in total. The lowest BCUT2D eigenvalue weighted by atomic mass is 9.92. The second kappa shape index (κ2) is 6.98. The maximum absolute atomic E-state index is 11.9. The molecular weight excluding hydrogens is 320 g/mol.